The Labute approximate surface area is 151 Å². The zero-order valence-corrected chi connectivity index (χ0v) is 16.4. The van der Waals surface area contributed by atoms with Crippen molar-refractivity contribution < 1.29 is 19.2 Å². The van der Waals surface area contributed by atoms with Crippen LogP contribution < -0.4 is 0 Å². The number of rotatable bonds is 8. The third-order valence-electron chi connectivity index (χ3n) is 3.98. The summed E-state index contributed by atoms with van der Waals surface area (Å²) in [5.41, 5.74) is 0.361. The third-order valence-corrected chi connectivity index (χ3v) is 6.89. The first-order valence-corrected chi connectivity index (χ1v) is 10.2. The van der Waals surface area contributed by atoms with Crippen LogP contribution in [0.15, 0.2) is 9.72 Å². The summed E-state index contributed by atoms with van der Waals surface area (Å²) in [6.45, 7) is 2.20. The summed E-state index contributed by atoms with van der Waals surface area (Å²) < 4.78 is 11.1. The molecular formula is C14H21ClNO4PS2. The molecule has 1 unspecified atom stereocenters. The van der Waals surface area contributed by atoms with Crippen molar-refractivity contribution in [3.8, 4) is 0 Å². The van der Waals surface area contributed by atoms with Crippen LogP contribution in [0.5, 0.6) is 0 Å². The number of thiazole rings is 1. The predicted octanol–water partition coefficient (Wildman–Crippen LogP) is 3.21. The SMILES string of the molecule is CCOC(=O)c1csc(SCC[C@@H]2[C@@H](CO)[C@H](OP)C[C@H]2Cl)n1. The molecule has 23 heavy (non-hydrogen) atoms. The molecule has 2 rings (SSSR count). The summed E-state index contributed by atoms with van der Waals surface area (Å²) in [4.78, 5) is 15.9. The summed E-state index contributed by atoms with van der Waals surface area (Å²) in [6, 6.07) is 0. The van der Waals surface area contributed by atoms with Gasteiger partial charge in [0, 0.05) is 38.5 Å². The highest BCUT2D eigenvalue weighted by Gasteiger charge is 2.41. The number of aromatic nitrogens is 1. The fraction of sp³-hybridized carbons (Fsp3) is 0.714. The first-order valence-electron chi connectivity index (χ1n) is 7.46. The second-order valence-electron chi connectivity index (χ2n) is 5.29. The lowest BCUT2D eigenvalue weighted by Crippen LogP contribution is -2.25. The molecule has 1 aromatic rings. The topological polar surface area (TPSA) is 68.7 Å². The molecule has 0 aromatic carbocycles. The Hall–Kier alpha value is 0.0900. The van der Waals surface area contributed by atoms with Gasteiger partial charge in [0.1, 0.15) is 0 Å². The highest BCUT2D eigenvalue weighted by atomic mass is 35.5. The van der Waals surface area contributed by atoms with Crippen LogP contribution in [0.25, 0.3) is 0 Å². The maximum Gasteiger partial charge on any atom is 0.357 e. The zero-order valence-electron chi connectivity index (χ0n) is 12.8. The highest BCUT2D eigenvalue weighted by molar-refractivity contribution is 8.01. The monoisotopic (exact) mass is 397 g/mol. The normalized spacial score (nSPS) is 27.3. The number of ether oxygens (including phenoxy) is 1. The van der Waals surface area contributed by atoms with E-state index in [4.69, 9.17) is 20.9 Å². The largest absolute Gasteiger partial charge is 0.461 e. The minimum absolute atomic E-state index is 0.00206. The summed E-state index contributed by atoms with van der Waals surface area (Å²) >= 11 is 9.44. The number of carbonyl (C=O) groups excluding carboxylic acids is 1. The molecule has 1 aromatic heterocycles. The summed E-state index contributed by atoms with van der Waals surface area (Å²) in [5, 5.41) is 11.3. The summed E-state index contributed by atoms with van der Waals surface area (Å²) in [5.74, 6) is 0.753. The van der Waals surface area contributed by atoms with Gasteiger partial charge in [-0.1, -0.05) is 11.8 Å². The van der Waals surface area contributed by atoms with Gasteiger partial charge in [0.15, 0.2) is 10.0 Å². The Morgan fingerprint density at radius 3 is 3.04 bits per heavy atom. The quantitative estimate of drug-likeness (QED) is 0.314. The molecule has 0 aliphatic heterocycles. The van der Waals surface area contributed by atoms with Crippen LogP contribution in [0.2, 0.25) is 0 Å². The molecule has 0 radical (unpaired) electrons. The Morgan fingerprint density at radius 2 is 2.39 bits per heavy atom. The Balaban J connectivity index is 1.84. The number of hydrogen-bond acceptors (Lipinski definition) is 7. The molecule has 1 saturated carbocycles. The van der Waals surface area contributed by atoms with Gasteiger partial charge in [0.2, 0.25) is 0 Å². The van der Waals surface area contributed by atoms with Gasteiger partial charge in [-0.3, -0.25) is 0 Å². The molecule has 0 amide bonds. The first kappa shape index (κ1) is 19.4. The molecule has 0 bridgehead atoms. The van der Waals surface area contributed by atoms with Crippen LogP contribution >= 0.6 is 44.2 Å². The smallest absolute Gasteiger partial charge is 0.357 e. The number of nitrogens with zero attached hydrogens (tertiary/aromatic N) is 1. The maximum absolute atomic E-state index is 11.6. The van der Waals surface area contributed by atoms with E-state index in [1.54, 1.807) is 24.1 Å². The fourth-order valence-electron chi connectivity index (χ4n) is 2.82. The van der Waals surface area contributed by atoms with Gasteiger partial charge in [0.05, 0.1) is 12.7 Å². The van der Waals surface area contributed by atoms with Crippen LogP contribution in [0.4, 0.5) is 0 Å². The van der Waals surface area contributed by atoms with Crippen LogP contribution in [0.3, 0.4) is 0 Å². The molecule has 0 saturated heterocycles. The van der Waals surface area contributed by atoms with E-state index in [-0.39, 0.29) is 35.9 Å². The number of hydrogen-bond donors (Lipinski definition) is 1. The van der Waals surface area contributed by atoms with Crippen molar-refractivity contribution in [2.45, 2.75) is 35.6 Å². The molecule has 1 N–H and O–H groups in total. The van der Waals surface area contributed by atoms with Crippen molar-refractivity contribution in [3.05, 3.63) is 11.1 Å². The molecule has 5 nitrogen and oxygen atoms in total. The lowest BCUT2D eigenvalue weighted by molar-refractivity contribution is 0.0520. The number of aliphatic hydroxyl groups is 1. The van der Waals surface area contributed by atoms with E-state index in [1.165, 1.54) is 11.3 Å². The maximum atomic E-state index is 11.6. The Bertz CT molecular complexity index is 519. The molecule has 1 aliphatic rings. The van der Waals surface area contributed by atoms with Crippen molar-refractivity contribution >= 4 is 50.1 Å². The molecule has 0 spiro atoms. The second kappa shape index (κ2) is 9.54. The second-order valence-corrected chi connectivity index (χ2v) is 8.33. The van der Waals surface area contributed by atoms with E-state index >= 15 is 0 Å². The van der Waals surface area contributed by atoms with Gasteiger partial charge >= 0.3 is 5.97 Å². The van der Waals surface area contributed by atoms with Gasteiger partial charge in [0.25, 0.3) is 0 Å². The van der Waals surface area contributed by atoms with Crippen molar-refractivity contribution in [3.63, 3.8) is 0 Å². The van der Waals surface area contributed by atoms with Gasteiger partial charge in [-0.15, -0.1) is 22.9 Å². The Kier molecular flexibility index (Phi) is 8.05. The van der Waals surface area contributed by atoms with E-state index in [9.17, 15) is 9.90 Å². The standard InChI is InChI=1S/C14H21ClNO4PS2/c1-2-19-13(18)11-7-23-14(16-11)22-4-3-8-9(6-17)12(20-21)5-10(8)15/h7-10,12,17H,2-6,21H2,1H3/t8-,9-,10-,12-/m1/s1. The van der Waals surface area contributed by atoms with Gasteiger partial charge in [-0.25, -0.2) is 9.78 Å². The average molecular weight is 398 g/mol. The van der Waals surface area contributed by atoms with Crippen molar-refractivity contribution in [1.82, 2.24) is 4.98 Å². The van der Waals surface area contributed by atoms with Crippen LogP contribution in [-0.4, -0.2) is 46.5 Å². The zero-order chi connectivity index (χ0) is 16.8. The van der Waals surface area contributed by atoms with E-state index in [0.29, 0.717) is 12.3 Å². The van der Waals surface area contributed by atoms with Crippen LogP contribution in [0.1, 0.15) is 30.3 Å². The van der Waals surface area contributed by atoms with Crippen LogP contribution in [0, 0.1) is 11.8 Å². The van der Waals surface area contributed by atoms with E-state index in [0.717, 1.165) is 22.9 Å². The summed E-state index contributed by atoms with van der Waals surface area (Å²) in [6.07, 6.45) is 1.64. The average Bonchev–Trinajstić information content (AvgIpc) is 3.12. The van der Waals surface area contributed by atoms with Gasteiger partial charge in [-0.2, -0.15) is 0 Å². The molecule has 1 heterocycles. The highest BCUT2D eigenvalue weighted by Crippen LogP contribution is 2.41. The van der Waals surface area contributed by atoms with E-state index in [2.05, 4.69) is 14.5 Å². The van der Waals surface area contributed by atoms with Gasteiger partial charge in [-0.05, 0) is 25.7 Å². The summed E-state index contributed by atoms with van der Waals surface area (Å²) in [7, 11) is 2.27. The fourth-order valence-corrected chi connectivity index (χ4v) is 5.53. The van der Waals surface area contributed by atoms with E-state index < -0.39 is 0 Å². The molecule has 1 fully saturated rings. The lowest BCUT2D eigenvalue weighted by Gasteiger charge is -2.22. The Morgan fingerprint density at radius 1 is 1.61 bits per heavy atom. The first-order chi connectivity index (χ1) is 11.1. The molecule has 5 atom stereocenters. The van der Waals surface area contributed by atoms with Gasteiger partial charge < -0.3 is 14.4 Å². The predicted molar refractivity (Wildman–Crippen MR) is 96.3 cm³/mol. The number of halogens is 1. The number of alkyl halides is 1. The minimum atomic E-state index is -0.381. The molecular weight excluding hydrogens is 377 g/mol. The van der Waals surface area contributed by atoms with Crippen molar-refractivity contribution in [1.29, 1.82) is 0 Å². The molecule has 130 valence electrons. The lowest BCUT2D eigenvalue weighted by atomic mass is 9.93. The number of thioether (sulfide) groups is 1. The number of esters is 1. The van der Waals surface area contributed by atoms with Crippen molar-refractivity contribution in [2.24, 2.45) is 11.8 Å². The number of aliphatic hydroxyl groups excluding tert-OH is 1. The molecule has 9 heteroatoms. The molecule has 1 aliphatic carbocycles. The minimum Gasteiger partial charge on any atom is -0.461 e. The third kappa shape index (κ3) is 5.03. The van der Waals surface area contributed by atoms with E-state index in [1.807, 2.05) is 0 Å². The number of carbonyl (C=O) groups is 1. The van der Waals surface area contributed by atoms with Crippen molar-refractivity contribution in [2.75, 3.05) is 19.0 Å². The van der Waals surface area contributed by atoms with Crippen LogP contribution in [-0.2, 0) is 9.26 Å².